The Morgan fingerprint density at radius 1 is 1.25 bits per heavy atom. The lowest BCUT2D eigenvalue weighted by atomic mass is 9.72. The number of hydrogen-bond acceptors (Lipinski definition) is 5. The van der Waals surface area contributed by atoms with Crippen LogP contribution in [0.15, 0.2) is 30.5 Å². The van der Waals surface area contributed by atoms with Crippen molar-refractivity contribution in [3.05, 3.63) is 62.9 Å². The van der Waals surface area contributed by atoms with Crippen LogP contribution in [-0.4, -0.2) is 32.7 Å². The number of ketones is 1. The molecule has 0 unspecified atom stereocenters. The van der Waals surface area contributed by atoms with Gasteiger partial charge in [-0.3, -0.25) is 9.78 Å². The van der Waals surface area contributed by atoms with Crippen molar-refractivity contribution >= 4 is 29.0 Å². The van der Waals surface area contributed by atoms with Crippen LogP contribution >= 0.6 is 23.2 Å². The topological polar surface area (TPSA) is 90.7 Å². The van der Waals surface area contributed by atoms with Crippen molar-refractivity contribution in [3.8, 4) is 0 Å². The molecule has 0 bridgehead atoms. The summed E-state index contributed by atoms with van der Waals surface area (Å²) in [5, 5.41) is 30.2. The number of fused-ring (bicyclic) bond motifs is 1. The summed E-state index contributed by atoms with van der Waals surface area (Å²) in [5.74, 6) is -0.670. The van der Waals surface area contributed by atoms with Gasteiger partial charge in [0.05, 0.1) is 18.9 Å². The van der Waals surface area contributed by atoms with Crippen LogP contribution in [-0.2, 0) is 29.1 Å². The zero-order valence-corrected chi connectivity index (χ0v) is 16.5. The Morgan fingerprint density at radius 2 is 2.00 bits per heavy atom. The lowest BCUT2D eigenvalue weighted by Crippen LogP contribution is -2.45. The van der Waals surface area contributed by atoms with Crippen LogP contribution in [0.1, 0.15) is 41.6 Å². The Labute approximate surface area is 171 Å². The first-order valence-electron chi connectivity index (χ1n) is 8.84. The van der Waals surface area contributed by atoms with Gasteiger partial charge in [-0.15, -0.1) is 0 Å². The summed E-state index contributed by atoms with van der Waals surface area (Å²) in [5.41, 5.74) is -3.00. The number of nitrogens with zero attached hydrogens (tertiary/aromatic N) is 1. The molecule has 0 fully saturated rings. The molecule has 0 aliphatic heterocycles. The molecule has 0 radical (unpaired) electrons. The second-order valence-corrected chi connectivity index (χ2v) is 7.84. The van der Waals surface area contributed by atoms with E-state index in [2.05, 4.69) is 4.98 Å². The highest BCUT2D eigenvalue weighted by Gasteiger charge is 2.51. The summed E-state index contributed by atoms with van der Waals surface area (Å²) in [4.78, 5) is 16.9. The fourth-order valence-electron chi connectivity index (χ4n) is 3.69. The van der Waals surface area contributed by atoms with Gasteiger partial charge in [-0.05, 0) is 48.6 Å². The second kappa shape index (κ2) is 8.05. The number of pyridine rings is 1. The van der Waals surface area contributed by atoms with Gasteiger partial charge in [-0.25, -0.2) is 4.39 Å². The van der Waals surface area contributed by atoms with E-state index in [0.717, 1.165) is 0 Å². The SMILES string of the molecule is O=C(CCc1c(Cl)cc(Cl)cc1CO)[C@]1(F)CC[C@@](O)(CO)c2ncccc21. The number of hydrogen-bond donors (Lipinski definition) is 3. The number of alkyl halides is 1. The van der Waals surface area contributed by atoms with Crippen molar-refractivity contribution in [1.82, 2.24) is 4.98 Å². The molecule has 1 aliphatic rings. The number of aliphatic hydroxyl groups is 3. The maximum atomic E-state index is 15.8. The molecule has 1 aliphatic carbocycles. The van der Waals surface area contributed by atoms with Gasteiger partial charge in [0.2, 0.25) is 0 Å². The molecular weight excluding hydrogens is 408 g/mol. The predicted molar refractivity (Wildman–Crippen MR) is 103 cm³/mol. The van der Waals surface area contributed by atoms with Gasteiger partial charge < -0.3 is 15.3 Å². The van der Waals surface area contributed by atoms with E-state index in [9.17, 15) is 20.1 Å². The van der Waals surface area contributed by atoms with Crippen LogP contribution in [0.5, 0.6) is 0 Å². The van der Waals surface area contributed by atoms with Crippen LogP contribution in [0.25, 0.3) is 0 Å². The molecule has 0 saturated carbocycles. The number of aliphatic hydroxyl groups excluding tert-OH is 2. The molecule has 3 N–H and O–H groups in total. The number of carbonyl (C=O) groups excluding carboxylic acids is 1. The molecule has 150 valence electrons. The third kappa shape index (κ3) is 3.67. The monoisotopic (exact) mass is 427 g/mol. The predicted octanol–water partition coefficient (Wildman–Crippen LogP) is 3.22. The van der Waals surface area contributed by atoms with Gasteiger partial charge in [-0.2, -0.15) is 0 Å². The van der Waals surface area contributed by atoms with E-state index in [1.54, 1.807) is 6.07 Å². The third-order valence-electron chi connectivity index (χ3n) is 5.29. The molecule has 3 rings (SSSR count). The van der Waals surface area contributed by atoms with E-state index in [1.165, 1.54) is 24.4 Å². The Bertz CT molecular complexity index is 910. The Kier molecular flexibility index (Phi) is 6.08. The second-order valence-electron chi connectivity index (χ2n) is 7.00. The molecule has 2 aromatic rings. The normalized spacial score (nSPS) is 24.1. The highest BCUT2D eigenvalue weighted by Crippen LogP contribution is 2.46. The van der Waals surface area contributed by atoms with Crippen molar-refractivity contribution in [3.63, 3.8) is 0 Å². The van der Waals surface area contributed by atoms with Gasteiger partial charge in [-0.1, -0.05) is 29.3 Å². The Morgan fingerprint density at radius 3 is 2.68 bits per heavy atom. The lowest BCUT2D eigenvalue weighted by Gasteiger charge is -2.38. The van der Waals surface area contributed by atoms with E-state index in [4.69, 9.17) is 23.2 Å². The van der Waals surface area contributed by atoms with Crippen molar-refractivity contribution in [2.45, 2.75) is 43.6 Å². The Balaban J connectivity index is 1.88. The van der Waals surface area contributed by atoms with Gasteiger partial charge in [0.15, 0.2) is 11.5 Å². The minimum absolute atomic E-state index is 0.0137. The van der Waals surface area contributed by atoms with Gasteiger partial charge >= 0.3 is 0 Å². The molecular formula is C20H20Cl2FNO4. The van der Waals surface area contributed by atoms with Crippen molar-refractivity contribution < 1.29 is 24.5 Å². The number of Topliss-reactive ketones (excluding diaryl/α,β-unsaturated/α-hetero) is 1. The maximum Gasteiger partial charge on any atom is 0.195 e. The van der Waals surface area contributed by atoms with Crippen LogP contribution < -0.4 is 0 Å². The van der Waals surface area contributed by atoms with Crippen LogP contribution in [0.3, 0.4) is 0 Å². The first kappa shape index (κ1) is 21.1. The first-order chi connectivity index (χ1) is 13.2. The maximum absolute atomic E-state index is 15.8. The summed E-state index contributed by atoms with van der Waals surface area (Å²) in [6.07, 6.45) is 0.978. The summed E-state index contributed by atoms with van der Waals surface area (Å²) in [7, 11) is 0. The summed E-state index contributed by atoms with van der Waals surface area (Å²) < 4.78 is 15.8. The minimum Gasteiger partial charge on any atom is -0.393 e. The molecule has 0 amide bonds. The number of rotatable bonds is 6. The quantitative estimate of drug-likeness (QED) is 0.658. The highest BCUT2D eigenvalue weighted by atomic mass is 35.5. The van der Waals surface area contributed by atoms with Crippen molar-refractivity contribution in [1.29, 1.82) is 0 Å². The highest BCUT2D eigenvalue weighted by molar-refractivity contribution is 6.35. The summed E-state index contributed by atoms with van der Waals surface area (Å²) >= 11 is 12.1. The zero-order valence-electron chi connectivity index (χ0n) is 15.0. The van der Waals surface area contributed by atoms with Crippen LogP contribution in [0.2, 0.25) is 10.0 Å². The molecule has 8 heteroatoms. The van der Waals surface area contributed by atoms with Crippen LogP contribution in [0.4, 0.5) is 4.39 Å². The van der Waals surface area contributed by atoms with E-state index >= 15 is 4.39 Å². The van der Waals surface area contributed by atoms with Gasteiger partial charge in [0.25, 0.3) is 0 Å². The molecule has 1 aromatic carbocycles. The standard InChI is InChI=1S/C20H20Cl2FNO4/c21-13-8-12(10-25)14(16(22)9-13)3-4-17(27)20(23)6-5-19(28,11-26)18-15(20)2-1-7-24-18/h1-2,7-9,25-26,28H,3-6,10-11H2/t19-,20+/m1/s1. The average molecular weight is 428 g/mol. The van der Waals surface area contributed by atoms with E-state index in [0.29, 0.717) is 21.2 Å². The number of halogens is 3. The summed E-state index contributed by atoms with van der Waals surface area (Å²) in [6.45, 7) is -0.914. The molecule has 2 atom stereocenters. The lowest BCUT2D eigenvalue weighted by molar-refractivity contribution is -0.135. The summed E-state index contributed by atoms with van der Waals surface area (Å²) in [6, 6.07) is 5.96. The number of benzene rings is 1. The number of carbonyl (C=O) groups is 1. The molecule has 1 aromatic heterocycles. The van der Waals surface area contributed by atoms with Gasteiger partial charge in [0.1, 0.15) is 5.60 Å². The smallest absolute Gasteiger partial charge is 0.195 e. The molecule has 5 nitrogen and oxygen atoms in total. The van der Waals surface area contributed by atoms with Gasteiger partial charge in [0, 0.05) is 28.2 Å². The van der Waals surface area contributed by atoms with E-state index in [1.807, 2.05) is 0 Å². The van der Waals surface area contributed by atoms with Crippen molar-refractivity contribution in [2.24, 2.45) is 0 Å². The van der Waals surface area contributed by atoms with Crippen molar-refractivity contribution in [2.75, 3.05) is 6.61 Å². The molecule has 1 heterocycles. The first-order valence-corrected chi connectivity index (χ1v) is 9.60. The average Bonchev–Trinajstić information content (AvgIpc) is 2.69. The Hall–Kier alpha value is -1.57. The van der Waals surface area contributed by atoms with E-state index < -0.39 is 23.7 Å². The van der Waals surface area contributed by atoms with Crippen LogP contribution in [0, 0.1) is 0 Å². The third-order valence-corrected chi connectivity index (χ3v) is 5.84. The fourth-order valence-corrected chi connectivity index (χ4v) is 4.32. The largest absolute Gasteiger partial charge is 0.393 e. The van der Waals surface area contributed by atoms with E-state index in [-0.39, 0.29) is 43.5 Å². The fraction of sp³-hybridized carbons (Fsp3) is 0.400. The molecule has 0 saturated heterocycles. The minimum atomic E-state index is -2.32. The molecule has 28 heavy (non-hydrogen) atoms. The zero-order chi connectivity index (χ0) is 20.5. The number of aromatic nitrogens is 1. The molecule has 0 spiro atoms.